The number of aromatic nitrogens is 4. The van der Waals surface area contributed by atoms with Crippen molar-refractivity contribution >= 4 is 5.71 Å². The smallest absolute Gasteiger partial charge is 0.261 e. The van der Waals surface area contributed by atoms with Crippen LogP contribution < -0.4 is 0 Å². The van der Waals surface area contributed by atoms with Crippen molar-refractivity contribution in [2.45, 2.75) is 5.66 Å². The van der Waals surface area contributed by atoms with Gasteiger partial charge in [-0.2, -0.15) is 0 Å². The highest BCUT2D eigenvalue weighted by molar-refractivity contribution is 6.04. The highest BCUT2D eigenvalue weighted by Crippen LogP contribution is 2.36. The Hall–Kier alpha value is -3.65. The first kappa shape index (κ1) is 12.4. The van der Waals surface area contributed by atoms with E-state index in [9.17, 15) is 20.2 Å². The third-order valence-corrected chi connectivity index (χ3v) is 2.55. The zero-order valence-electron chi connectivity index (χ0n) is 9.59. The van der Waals surface area contributed by atoms with Crippen LogP contribution in [-0.2, 0) is 10.6 Å². The van der Waals surface area contributed by atoms with Crippen LogP contribution in [0, 0.1) is 20.2 Å². The Morgan fingerprint density at radius 1 is 1.14 bits per heavy atom. The quantitative estimate of drug-likeness (QED) is 0.480. The Bertz CT molecular complexity index is 710. The summed E-state index contributed by atoms with van der Waals surface area (Å²) in [6, 6.07) is 0. The second-order valence-electron chi connectivity index (χ2n) is 3.55. The molecule has 0 aromatic carbocycles. The van der Waals surface area contributed by atoms with Gasteiger partial charge in [0.05, 0.1) is 4.92 Å². The van der Waals surface area contributed by atoms with Crippen LogP contribution in [0.15, 0.2) is 26.8 Å². The van der Waals surface area contributed by atoms with Crippen LogP contribution >= 0.6 is 0 Å². The van der Waals surface area contributed by atoms with E-state index in [1.165, 1.54) is 0 Å². The summed E-state index contributed by atoms with van der Waals surface area (Å²) >= 11 is 0. The Labute approximate surface area is 111 Å². The Morgan fingerprint density at radius 3 is 2.38 bits per heavy atom. The van der Waals surface area contributed by atoms with E-state index in [-0.39, 0.29) is 10.9 Å². The average molecular weight is 298 g/mol. The van der Waals surface area contributed by atoms with Crippen LogP contribution in [0.2, 0.25) is 0 Å². The highest BCUT2D eigenvalue weighted by Gasteiger charge is 2.72. The van der Waals surface area contributed by atoms with Gasteiger partial charge in [0.1, 0.15) is 12.4 Å². The van der Waals surface area contributed by atoms with E-state index in [4.69, 9.17) is 0 Å². The summed E-state index contributed by atoms with van der Waals surface area (Å²) in [7, 11) is 0. The summed E-state index contributed by atoms with van der Waals surface area (Å²) in [6.45, 7) is 0. The largest absolute Gasteiger partial charge is 0.479 e. The van der Waals surface area contributed by atoms with E-state index < -0.39 is 27.0 Å². The third-order valence-electron chi connectivity index (χ3n) is 2.55. The highest BCUT2D eigenvalue weighted by atomic mass is 16.9. The van der Waals surface area contributed by atoms with Crippen LogP contribution in [-0.4, -0.2) is 41.5 Å². The molecule has 0 fully saturated rings. The molecule has 3 heterocycles. The maximum Gasteiger partial charge on any atom is 0.479 e. The van der Waals surface area contributed by atoms with Crippen molar-refractivity contribution in [3.8, 4) is 0 Å². The normalized spacial score (nSPS) is 21.0. The fraction of sp³-hybridized carbons (Fsp3) is 0.167. The van der Waals surface area contributed by atoms with E-state index in [0.29, 0.717) is 0 Å². The standard InChI is InChI=1S/C6H2N8O7/c15-13(16)6(4-2-8-20-10-4)5(3-1-7-19-9-3)11-21-12(6)14(17)18/h1-2H. The molecule has 0 radical (unpaired) electrons. The van der Waals surface area contributed by atoms with Crippen LogP contribution in [0.3, 0.4) is 0 Å². The zero-order chi connectivity index (χ0) is 15.0. The van der Waals surface area contributed by atoms with E-state index in [1.807, 2.05) is 0 Å². The molecule has 2 aromatic heterocycles. The molecule has 3 rings (SSSR count). The minimum Gasteiger partial charge on any atom is -0.261 e. The molecule has 0 bridgehead atoms. The topological polar surface area (TPSA) is 189 Å². The van der Waals surface area contributed by atoms with Crippen molar-refractivity contribution in [1.82, 2.24) is 25.8 Å². The molecular weight excluding hydrogens is 296 g/mol. The molecule has 0 saturated carbocycles. The summed E-state index contributed by atoms with van der Waals surface area (Å²) in [6.07, 6.45) is 1.79. The first-order valence-corrected chi connectivity index (χ1v) is 4.99. The van der Waals surface area contributed by atoms with Crippen molar-refractivity contribution in [2.24, 2.45) is 5.16 Å². The predicted molar refractivity (Wildman–Crippen MR) is 53.7 cm³/mol. The molecule has 15 heteroatoms. The van der Waals surface area contributed by atoms with Gasteiger partial charge in [0, 0.05) is 0 Å². The average Bonchev–Trinajstić information content (AvgIpc) is 3.18. The van der Waals surface area contributed by atoms with Gasteiger partial charge in [0.25, 0.3) is 0 Å². The van der Waals surface area contributed by atoms with Crippen LogP contribution in [0.25, 0.3) is 0 Å². The zero-order valence-corrected chi connectivity index (χ0v) is 9.59. The molecule has 0 saturated heterocycles. The number of nitrogens with zero attached hydrogens (tertiary/aromatic N) is 8. The molecule has 0 spiro atoms. The molecule has 1 aliphatic rings. The number of hydrogen-bond donors (Lipinski definition) is 0. The first-order valence-electron chi connectivity index (χ1n) is 4.99. The molecule has 1 aliphatic heterocycles. The Kier molecular flexibility index (Phi) is 2.47. The van der Waals surface area contributed by atoms with Crippen molar-refractivity contribution < 1.29 is 24.2 Å². The summed E-state index contributed by atoms with van der Waals surface area (Å²) in [5.41, 5.74) is -4.11. The molecule has 1 atom stereocenters. The van der Waals surface area contributed by atoms with E-state index in [1.54, 1.807) is 0 Å². The summed E-state index contributed by atoms with van der Waals surface area (Å²) in [4.78, 5) is 25.9. The minimum atomic E-state index is -2.75. The van der Waals surface area contributed by atoms with Gasteiger partial charge >= 0.3 is 5.66 Å². The van der Waals surface area contributed by atoms with Crippen LogP contribution in [0.5, 0.6) is 0 Å². The lowest BCUT2D eigenvalue weighted by Gasteiger charge is -2.17. The summed E-state index contributed by atoms with van der Waals surface area (Å²) in [5, 5.41) is 37.5. The van der Waals surface area contributed by atoms with E-state index >= 15 is 0 Å². The number of oxime groups is 1. The number of hydrazine groups is 1. The second kappa shape index (κ2) is 4.18. The van der Waals surface area contributed by atoms with Crippen molar-refractivity contribution in [3.63, 3.8) is 0 Å². The number of hydroxylamine groups is 1. The second-order valence-corrected chi connectivity index (χ2v) is 3.55. The van der Waals surface area contributed by atoms with Gasteiger partial charge in [-0.25, -0.2) is 24.3 Å². The fourth-order valence-corrected chi connectivity index (χ4v) is 1.72. The maximum atomic E-state index is 11.6. The van der Waals surface area contributed by atoms with Gasteiger partial charge < -0.3 is 0 Å². The van der Waals surface area contributed by atoms with Gasteiger partial charge in [0.2, 0.25) is 16.4 Å². The Balaban J connectivity index is 2.26. The fourth-order valence-electron chi connectivity index (χ4n) is 1.72. The first-order chi connectivity index (χ1) is 10.1. The molecule has 0 N–H and O–H groups in total. The van der Waals surface area contributed by atoms with Crippen LogP contribution in [0.4, 0.5) is 0 Å². The van der Waals surface area contributed by atoms with E-state index in [0.717, 1.165) is 12.4 Å². The molecule has 0 amide bonds. The van der Waals surface area contributed by atoms with Crippen molar-refractivity contribution in [2.75, 3.05) is 0 Å². The van der Waals surface area contributed by atoms with Gasteiger partial charge in [-0.3, -0.25) is 10.1 Å². The lowest BCUT2D eigenvalue weighted by molar-refractivity contribution is -0.811. The Morgan fingerprint density at radius 2 is 1.86 bits per heavy atom. The van der Waals surface area contributed by atoms with Gasteiger partial charge in [-0.1, -0.05) is 10.3 Å². The molecule has 21 heavy (non-hydrogen) atoms. The van der Waals surface area contributed by atoms with Gasteiger partial charge in [0.15, 0.2) is 10.9 Å². The summed E-state index contributed by atoms with van der Waals surface area (Å²) < 4.78 is 8.58. The number of hydrogen-bond acceptors (Lipinski definition) is 12. The van der Waals surface area contributed by atoms with Gasteiger partial charge in [-0.15, -0.1) is 0 Å². The van der Waals surface area contributed by atoms with Crippen molar-refractivity contribution in [3.05, 3.63) is 44.0 Å². The summed E-state index contributed by atoms with van der Waals surface area (Å²) in [5.74, 6) is 0. The predicted octanol–water partition coefficient (Wildman–Crippen LogP) is -1.27. The lowest BCUT2D eigenvalue weighted by Crippen LogP contribution is -2.56. The molecule has 1 unspecified atom stereocenters. The van der Waals surface area contributed by atoms with Crippen molar-refractivity contribution in [1.29, 1.82) is 0 Å². The maximum absolute atomic E-state index is 11.6. The molecule has 2 aromatic rings. The molecular formula is C6H2N8O7. The van der Waals surface area contributed by atoms with E-state index in [2.05, 4.69) is 40.0 Å². The van der Waals surface area contributed by atoms with Crippen LogP contribution in [0.1, 0.15) is 11.4 Å². The number of nitro groups is 2. The van der Waals surface area contributed by atoms with Gasteiger partial charge in [-0.05, 0) is 15.5 Å². The number of rotatable bonds is 4. The monoisotopic (exact) mass is 298 g/mol. The lowest BCUT2D eigenvalue weighted by atomic mass is 9.99. The third kappa shape index (κ3) is 1.50. The molecule has 0 aliphatic carbocycles. The molecule has 15 nitrogen and oxygen atoms in total. The SMILES string of the molecule is O=[N+]([O-])N1ON=C(c2cnon2)C1(c1cnon1)[N+](=O)[O-]. The molecule has 108 valence electrons. The minimum absolute atomic E-state index is 0.212.